The van der Waals surface area contributed by atoms with Crippen molar-refractivity contribution in [1.29, 1.82) is 0 Å². The Morgan fingerprint density at radius 3 is 2.65 bits per heavy atom. The van der Waals surface area contributed by atoms with Gasteiger partial charge in [-0.2, -0.15) is 4.98 Å². The van der Waals surface area contributed by atoms with Crippen LogP contribution in [0.5, 0.6) is 0 Å². The van der Waals surface area contributed by atoms with Gasteiger partial charge in [0.25, 0.3) is 0 Å². The first-order chi connectivity index (χ1) is 11.1. The molecule has 1 saturated carbocycles. The van der Waals surface area contributed by atoms with E-state index in [-0.39, 0.29) is 5.95 Å². The number of rotatable bonds is 4. The highest BCUT2D eigenvalue weighted by molar-refractivity contribution is 6.33. The van der Waals surface area contributed by atoms with Gasteiger partial charge >= 0.3 is 0 Å². The Morgan fingerprint density at radius 1 is 1.22 bits per heavy atom. The summed E-state index contributed by atoms with van der Waals surface area (Å²) in [6.45, 7) is 2.03. The monoisotopic (exact) mass is 331 g/mol. The van der Waals surface area contributed by atoms with Crippen LogP contribution in [-0.4, -0.2) is 16.0 Å². The zero-order valence-electron chi connectivity index (χ0n) is 13.3. The lowest BCUT2D eigenvalue weighted by Crippen LogP contribution is -2.14. The van der Waals surface area contributed by atoms with Gasteiger partial charge in [-0.05, 0) is 37.0 Å². The average Bonchev–Trinajstić information content (AvgIpc) is 3.02. The van der Waals surface area contributed by atoms with Gasteiger partial charge in [0, 0.05) is 11.6 Å². The molecule has 0 radical (unpaired) electrons. The van der Waals surface area contributed by atoms with Gasteiger partial charge in [-0.3, -0.25) is 0 Å². The molecule has 6 heteroatoms. The third kappa shape index (κ3) is 3.34. The highest BCUT2D eigenvalue weighted by Gasteiger charge is 2.18. The number of aromatic nitrogens is 2. The highest BCUT2D eigenvalue weighted by atomic mass is 35.5. The van der Waals surface area contributed by atoms with Crippen molar-refractivity contribution < 1.29 is 0 Å². The highest BCUT2D eigenvalue weighted by Crippen LogP contribution is 2.35. The van der Waals surface area contributed by atoms with Crippen LogP contribution in [0.4, 0.5) is 17.5 Å². The van der Waals surface area contributed by atoms with Gasteiger partial charge < -0.3 is 16.8 Å². The van der Waals surface area contributed by atoms with Gasteiger partial charge in [-0.15, -0.1) is 0 Å². The minimum Gasteiger partial charge on any atom is -0.383 e. The molecule has 122 valence electrons. The molecule has 23 heavy (non-hydrogen) atoms. The van der Waals surface area contributed by atoms with Gasteiger partial charge in [0.15, 0.2) is 0 Å². The number of nitrogens with one attached hydrogen (secondary N) is 1. The molecule has 1 aromatic carbocycles. The Labute approximate surface area is 141 Å². The van der Waals surface area contributed by atoms with Crippen molar-refractivity contribution in [2.75, 3.05) is 16.8 Å². The van der Waals surface area contributed by atoms with E-state index in [1.54, 1.807) is 0 Å². The Bertz CT molecular complexity index is 710. The van der Waals surface area contributed by atoms with Crippen LogP contribution in [0, 0.1) is 0 Å². The lowest BCUT2D eigenvalue weighted by molar-refractivity contribution is 0.755. The number of benzene rings is 1. The van der Waals surface area contributed by atoms with E-state index in [0.717, 1.165) is 28.9 Å². The third-order valence-electron chi connectivity index (χ3n) is 4.33. The Morgan fingerprint density at radius 2 is 1.96 bits per heavy atom. The van der Waals surface area contributed by atoms with E-state index in [1.165, 1.54) is 25.7 Å². The Kier molecular flexibility index (Phi) is 4.57. The van der Waals surface area contributed by atoms with Crippen LogP contribution in [0.25, 0.3) is 11.1 Å². The fourth-order valence-electron chi connectivity index (χ4n) is 3.20. The molecule has 0 aliphatic heterocycles. The van der Waals surface area contributed by atoms with Crippen molar-refractivity contribution in [2.45, 2.75) is 45.1 Å². The molecule has 1 heterocycles. The molecule has 5 N–H and O–H groups in total. The van der Waals surface area contributed by atoms with Gasteiger partial charge in [-0.25, -0.2) is 4.98 Å². The standard InChI is InChI=1S/C17H22ClN5/c1-2-13-15(16(19)23-17(20)22-13)10-7-8-12(18)14(9-10)21-11-5-3-4-6-11/h7-9,11,21H,2-6H2,1H3,(H4,19,20,22,23). The van der Waals surface area contributed by atoms with Crippen molar-refractivity contribution in [1.82, 2.24) is 9.97 Å². The van der Waals surface area contributed by atoms with Crippen LogP contribution in [0.2, 0.25) is 5.02 Å². The summed E-state index contributed by atoms with van der Waals surface area (Å²) >= 11 is 6.36. The summed E-state index contributed by atoms with van der Waals surface area (Å²) in [7, 11) is 0. The molecule has 5 nitrogen and oxygen atoms in total. The molecule has 0 unspecified atom stereocenters. The molecule has 3 rings (SSSR count). The number of hydrogen-bond donors (Lipinski definition) is 3. The summed E-state index contributed by atoms with van der Waals surface area (Å²) < 4.78 is 0. The lowest BCUT2D eigenvalue weighted by atomic mass is 10.0. The van der Waals surface area contributed by atoms with Crippen LogP contribution < -0.4 is 16.8 Å². The molecule has 1 aromatic heterocycles. The smallest absolute Gasteiger partial charge is 0.222 e. The van der Waals surface area contributed by atoms with E-state index >= 15 is 0 Å². The van der Waals surface area contributed by atoms with E-state index in [0.29, 0.717) is 16.9 Å². The van der Waals surface area contributed by atoms with Gasteiger partial charge in [0.05, 0.1) is 16.4 Å². The average molecular weight is 332 g/mol. The summed E-state index contributed by atoms with van der Waals surface area (Å²) in [6, 6.07) is 6.37. The van der Waals surface area contributed by atoms with Gasteiger partial charge in [-0.1, -0.05) is 37.4 Å². The van der Waals surface area contributed by atoms with Crippen molar-refractivity contribution >= 4 is 29.1 Å². The van der Waals surface area contributed by atoms with Crippen LogP contribution >= 0.6 is 11.6 Å². The second-order valence-corrected chi connectivity index (χ2v) is 6.37. The molecule has 0 bridgehead atoms. The van der Waals surface area contributed by atoms with E-state index in [1.807, 2.05) is 25.1 Å². The summed E-state index contributed by atoms with van der Waals surface area (Å²) in [5, 5.41) is 4.27. The summed E-state index contributed by atoms with van der Waals surface area (Å²) in [6.07, 6.45) is 5.66. The molecule has 2 aromatic rings. The Hall–Kier alpha value is -2.01. The van der Waals surface area contributed by atoms with Crippen molar-refractivity contribution in [3.8, 4) is 11.1 Å². The number of nitrogens with zero attached hydrogens (tertiary/aromatic N) is 2. The van der Waals surface area contributed by atoms with Gasteiger partial charge in [0.2, 0.25) is 5.95 Å². The maximum atomic E-state index is 6.36. The minimum absolute atomic E-state index is 0.210. The maximum absolute atomic E-state index is 6.36. The van der Waals surface area contributed by atoms with Crippen LogP contribution in [0.15, 0.2) is 18.2 Å². The molecule has 0 atom stereocenters. The number of hydrogen-bond acceptors (Lipinski definition) is 5. The molecule has 1 fully saturated rings. The van der Waals surface area contributed by atoms with E-state index < -0.39 is 0 Å². The predicted octanol–water partition coefficient (Wildman–Crippen LogP) is 3.88. The Balaban J connectivity index is 2.00. The summed E-state index contributed by atoms with van der Waals surface area (Å²) in [5.74, 6) is 0.616. The topological polar surface area (TPSA) is 89.8 Å². The van der Waals surface area contributed by atoms with E-state index in [4.69, 9.17) is 23.1 Å². The van der Waals surface area contributed by atoms with Crippen LogP contribution in [-0.2, 0) is 6.42 Å². The normalized spacial score (nSPS) is 15.0. The molecule has 0 saturated heterocycles. The molecular formula is C17H22ClN5. The number of anilines is 3. The zero-order valence-corrected chi connectivity index (χ0v) is 14.0. The predicted molar refractivity (Wildman–Crippen MR) is 96.6 cm³/mol. The molecular weight excluding hydrogens is 310 g/mol. The molecule has 1 aliphatic carbocycles. The van der Waals surface area contributed by atoms with E-state index in [2.05, 4.69) is 15.3 Å². The molecule has 0 spiro atoms. The molecule has 1 aliphatic rings. The van der Waals surface area contributed by atoms with Crippen LogP contribution in [0.3, 0.4) is 0 Å². The summed E-state index contributed by atoms with van der Waals surface area (Å²) in [5.41, 5.74) is 15.4. The van der Waals surface area contributed by atoms with Crippen molar-refractivity contribution in [2.24, 2.45) is 0 Å². The van der Waals surface area contributed by atoms with E-state index in [9.17, 15) is 0 Å². The largest absolute Gasteiger partial charge is 0.383 e. The second kappa shape index (κ2) is 6.62. The number of halogens is 1. The number of aryl methyl sites for hydroxylation is 1. The summed E-state index contributed by atoms with van der Waals surface area (Å²) in [4.78, 5) is 8.42. The fourth-order valence-corrected chi connectivity index (χ4v) is 3.37. The van der Waals surface area contributed by atoms with Crippen molar-refractivity contribution in [3.63, 3.8) is 0 Å². The first-order valence-corrected chi connectivity index (χ1v) is 8.44. The third-order valence-corrected chi connectivity index (χ3v) is 4.66. The first-order valence-electron chi connectivity index (χ1n) is 8.06. The molecule has 0 amide bonds. The van der Waals surface area contributed by atoms with Crippen LogP contribution in [0.1, 0.15) is 38.3 Å². The minimum atomic E-state index is 0.210. The zero-order chi connectivity index (χ0) is 16.4. The lowest BCUT2D eigenvalue weighted by Gasteiger charge is -2.17. The second-order valence-electron chi connectivity index (χ2n) is 5.96. The number of nitrogens with two attached hydrogens (primary N) is 2. The SMILES string of the molecule is CCc1nc(N)nc(N)c1-c1ccc(Cl)c(NC2CCCC2)c1. The number of nitrogen functional groups attached to an aromatic ring is 2. The quantitative estimate of drug-likeness (QED) is 0.791. The fraction of sp³-hybridized carbons (Fsp3) is 0.412. The maximum Gasteiger partial charge on any atom is 0.222 e. The first kappa shape index (κ1) is 15.9. The van der Waals surface area contributed by atoms with Crippen molar-refractivity contribution in [3.05, 3.63) is 28.9 Å². The van der Waals surface area contributed by atoms with Gasteiger partial charge in [0.1, 0.15) is 5.82 Å².